The standard InChI is InChI=1S/C10H15F2N/c1-4-9(13(2)3)5-7-10(11,12)8-6-9/h1H,5-8H2,2-3H3. The highest BCUT2D eigenvalue weighted by Crippen LogP contribution is 2.40. The number of rotatable bonds is 1. The first-order valence-corrected chi connectivity index (χ1v) is 4.45. The van der Waals surface area contributed by atoms with Crippen molar-refractivity contribution in [2.24, 2.45) is 0 Å². The van der Waals surface area contributed by atoms with Crippen LogP contribution in [0.3, 0.4) is 0 Å². The number of terminal acetylenes is 1. The van der Waals surface area contributed by atoms with Gasteiger partial charge < -0.3 is 0 Å². The topological polar surface area (TPSA) is 3.24 Å². The van der Waals surface area contributed by atoms with Gasteiger partial charge in [0.1, 0.15) is 0 Å². The Bertz CT molecular complexity index is 218. The Morgan fingerprint density at radius 1 is 1.15 bits per heavy atom. The van der Waals surface area contributed by atoms with E-state index in [1.165, 1.54) is 0 Å². The molecular weight excluding hydrogens is 172 g/mol. The van der Waals surface area contributed by atoms with Gasteiger partial charge in [-0.3, -0.25) is 4.90 Å². The van der Waals surface area contributed by atoms with Crippen LogP contribution in [0.2, 0.25) is 0 Å². The van der Waals surface area contributed by atoms with Gasteiger partial charge in [0.2, 0.25) is 5.92 Å². The van der Waals surface area contributed by atoms with E-state index in [-0.39, 0.29) is 12.8 Å². The van der Waals surface area contributed by atoms with Crippen molar-refractivity contribution in [2.75, 3.05) is 14.1 Å². The largest absolute Gasteiger partial charge is 0.293 e. The van der Waals surface area contributed by atoms with Crippen molar-refractivity contribution in [1.29, 1.82) is 0 Å². The molecular formula is C10H15F2N. The van der Waals surface area contributed by atoms with Gasteiger partial charge in [0.05, 0.1) is 5.54 Å². The molecule has 74 valence electrons. The summed E-state index contributed by atoms with van der Waals surface area (Å²) in [6.07, 6.45) is 6.00. The fraction of sp³-hybridized carbons (Fsp3) is 0.800. The number of halogens is 2. The predicted octanol–water partition coefficient (Wildman–Crippen LogP) is 2.13. The molecule has 1 aliphatic carbocycles. The molecule has 0 atom stereocenters. The van der Waals surface area contributed by atoms with Crippen LogP contribution in [0.15, 0.2) is 0 Å². The normalized spacial score (nSPS) is 25.5. The molecule has 0 heterocycles. The molecule has 0 saturated heterocycles. The molecule has 0 aromatic carbocycles. The third-order valence-corrected chi connectivity index (χ3v) is 2.93. The van der Waals surface area contributed by atoms with E-state index in [2.05, 4.69) is 5.92 Å². The lowest BCUT2D eigenvalue weighted by Crippen LogP contribution is -2.48. The zero-order valence-corrected chi connectivity index (χ0v) is 8.11. The maximum absolute atomic E-state index is 12.9. The summed E-state index contributed by atoms with van der Waals surface area (Å²) in [4.78, 5) is 1.88. The Hall–Kier alpha value is -0.620. The summed E-state index contributed by atoms with van der Waals surface area (Å²) in [5.74, 6) is 0.144. The number of nitrogens with zero attached hydrogens (tertiary/aromatic N) is 1. The van der Waals surface area contributed by atoms with Gasteiger partial charge in [0.25, 0.3) is 0 Å². The minimum absolute atomic E-state index is 0.0879. The van der Waals surface area contributed by atoms with Gasteiger partial charge in [-0.25, -0.2) is 8.78 Å². The molecule has 0 amide bonds. The molecule has 0 aromatic heterocycles. The summed E-state index contributed by atoms with van der Waals surface area (Å²) in [5.41, 5.74) is -0.443. The molecule has 0 radical (unpaired) electrons. The highest BCUT2D eigenvalue weighted by atomic mass is 19.3. The maximum Gasteiger partial charge on any atom is 0.248 e. The second-order valence-electron chi connectivity index (χ2n) is 3.93. The van der Waals surface area contributed by atoms with Gasteiger partial charge in [-0.15, -0.1) is 6.42 Å². The first kappa shape index (κ1) is 10.5. The summed E-state index contributed by atoms with van der Waals surface area (Å²) in [6.45, 7) is 0. The van der Waals surface area contributed by atoms with Crippen LogP contribution in [0, 0.1) is 12.3 Å². The van der Waals surface area contributed by atoms with Crippen molar-refractivity contribution in [3.8, 4) is 12.3 Å². The van der Waals surface area contributed by atoms with Crippen molar-refractivity contribution in [3.63, 3.8) is 0 Å². The Kier molecular flexibility index (Phi) is 2.63. The molecule has 1 saturated carbocycles. The Morgan fingerprint density at radius 3 is 1.92 bits per heavy atom. The van der Waals surface area contributed by atoms with E-state index in [0.29, 0.717) is 12.8 Å². The summed E-state index contributed by atoms with van der Waals surface area (Å²) in [5, 5.41) is 0. The molecule has 0 aliphatic heterocycles. The van der Waals surface area contributed by atoms with Crippen molar-refractivity contribution in [2.45, 2.75) is 37.1 Å². The molecule has 1 rings (SSSR count). The van der Waals surface area contributed by atoms with Crippen molar-refractivity contribution < 1.29 is 8.78 Å². The zero-order chi connectivity index (χ0) is 10.1. The Labute approximate surface area is 78.1 Å². The monoisotopic (exact) mass is 187 g/mol. The van der Waals surface area contributed by atoms with Crippen LogP contribution in [0.5, 0.6) is 0 Å². The van der Waals surface area contributed by atoms with Gasteiger partial charge >= 0.3 is 0 Å². The minimum atomic E-state index is -2.50. The molecule has 0 spiro atoms. The van der Waals surface area contributed by atoms with Gasteiger partial charge in [0.15, 0.2) is 0 Å². The first-order valence-electron chi connectivity index (χ1n) is 4.45. The molecule has 1 fully saturated rings. The van der Waals surface area contributed by atoms with Crippen LogP contribution in [0.1, 0.15) is 25.7 Å². The van der Waals surface area contributed by atoms with Gasteiger partial charge in [-0.2, -0.15) is 0 Å². The maximum atomic E-state index is 12.9. The van der Waals surface area contributed by atoms with Crippen LogP contribution >= 0.6 is 0 Å². The van der Waals surface area contributed by atoms with E-state index in [1.807, 2.05) is 19.0 Å². The van der Waals surface area contributed by atoms with E-state index in [1.54, 1.807) is 0 Å². The third kappa shape index (κ3) is 2.00. The fourth-order valence-corrected chi connectivity index (χ4v) is 1.75. The zero-order valence-electron chi connectivity index (χ0n) is 8.11. The first-order chi connectivity index (χ1) is 5.92. The summed E-state index contributed by atoms with van der Waals surface area (Å²) >= 11 is 0. The Balaban J connectivity index is 2.71. The van der Waals surface area contributed by atoms with Crippen molar-refractivity contribution in [3.05, 3.63) is 0 Å². The van der Waals surface area contributed by atoms with E-state index in [4.69, 9.17) is 6.42 Å². The van der Waals surface area contributed by atoms with E-state index in [9.17, 15) is 8.78 Å². The third-order valence-electron chi connectivity index (χ3n) is 2.93. The molecule has 13 heavy (non-hydrogen) atoms. The van der Waals surface area contributed by atoms with E-state index < -0.39 is 11.5 Å². The predicted molar refractivity (Wildman–Crippen MR) is 48.7 cm³/mol. The summed E-state index contributed by atoms with van der Waals surface area (Å²) in [6, 6.07) is 0. The van der Waals surface area contributed by atoms with Crippen LogP contribution in [-0.4, -0.2) is 30.5 Å². The lowest BCUT2D eigenvalue weighted by molar-refractivity contribution is -0.0610. The lowest BCUT2D eigenvalue weighted by Gasteiger charge is -2.41. The molecule has 0 bridgehead atoms. The average Bonchev–Trinajstić information content (AvgIpc) is 2.05. The van der Waals surface area contributed by atoms with Gasteiger partial charge in [-0.05, 0) is 26.9 Å². The molecule has 0 unspecified atom stereocenters. The summed E-state index contributed by atoms with van der Waals surface area (Å²) in [7, 11) is 3.70. The van der Waals surface area contributed by atoms with Crippen LogP contribution < -0.4 is 0 Å². The summed E-state index contributed by atoms with van der Waals surface area (Å²) < 4.78 is 25.7. The molecule has 1 nitrogen and oxygen atoms in total. The van der Waals surface area contributed by atoms with Gasteiger partial charge in [-0.1, -0.05) is 5.92 Å². The number of hydrogen-bond acceptors (Lipinski definition) is 1. The minimum Gasteiger partial charge on any atom is -0.293 e. The van der Waals surface area contributed by atoms with E-state index in [0.717, 1.165) is 0 Å². The lowest BCUT2D eigenvalue weighted by atomic mass is 9.79. The molecule has 1 aliphatic rings. The smallest absolute Gasteiger partial charge is 0.248 e. The van der Waals surface area contributed by atoms with Crippen molar-refractivity contribution in [1.82, 2.24) is 4.90 Å². The second-order valence-corrected chi connectivity index (χ2v) is 3.93. The molecule has 0 N–H and O–H groups in total. The SMILES string of the molecule is C#CC1(N(C)C)CCC(F)(F)CC1. The quantitative estimate of drug-likeness (QED) is 0.568. The van der Waals surface area contributed by atoms with Crippen LogP contribution in [-0.2, 0) is 0 Å². The molecule has 0 aromatic rings. The van der Waals surface area contributed by atoms with E-state index >= 15 is 0 Å². The number of alkyl halides is 2. The highest BCUT2D eigenvalue weighted by molar-refractivity contribution is 5.15. The molecule has 3 heteroatoms. The van der Waals surface area contributed by atoms with Crippen LogP contribution in [0.25, 0.3) is 0 Å². The van der Waals surface area contributed by atoms with Crippen LogP contribution in [0.4, 0.5) is 8.78 Å². The fourth-order valence-electron chi connectivity index (χ4n) is 1.75. The van der Waals surface area contributed by atoms with Crippen molar-refractivity contribution >= 4 is 0 Å². The number of hydrogen-bond donors (Lipinski definition) is 0. The van der Waals surface area contributed by atoms with Gasteiger partial charge in [0, 0.05) is 12.8 Å². The second kappa shape index (κ2) is 3.26. The highest BCUT2D eigenvalue weighted by Gasteiger charge is 2.43. The average molecular weight is 187 g/mol. The Morgan fingerprint density at radius 2 is 1.62 bits per heavy atom.